The molecule has 2 N–H and O–H groups in total. The Morgan fingerprint density at radius 2 is 2.22 bits per heavy atom. The van der Waals surface area contributed by atoms with Crippen molar-refractivity contribution in [2.75, 3.05) is 37.7 Å². The third-order valence-corrected chi connectivity index (χ3v) is 5.56. The van der Waals surface area contributed by atoms with Gasteiger partial charge in [0.2, 0.25) is 5.91 Å². The van der Waals surface area contributed by atoms with Gasteiger partial charge < -0.3 is 15.5 Å². The van der Waals surface area contributed by atoms with Crippen LogP contribution in [0.25, 0.3) is 0 Å². The third-order valence-electron chi connectivity index (χ3n) is 4.43. The van der Waals surface area contributed by atoms with Gasteiger partial charge in [0, 0.05) is 43.1 Å². The van der Waals surface area contributed by atoms with E-state index >= 15 is 0 Å². The van der Waals surface area contributed by atoms with E-state index in [9.17, 15) is 4.79 Å². The van der Waals surface area contributed by atoms with E-state index < -0.39 is 0 Å². The lowest BCUT2D eigenvalue weighted by Gasteiger charge is -2.45. The molecule has 102 valence electrons. The SMILES string of the molecule is O=C(CC1CSCCN1)NC1CN2CCC1CC2. The van der Waals surface area contributed by atoms with Crippen LogP contribution < -0.4 is 10.6 Å². The van der Waals surface area contributed by atoms with Crippen molar-refractivity contribution in [1.29, 1.82) is 0 Å². The molecule has 0 aromatic rings. The number of hydrogen-bond donors (Lipinski definition) is 2. The van der Waals surface area contributed by atoms with Crippen molar-refractivity contribution in [3.8, 4) is 0 Å². The largest absolute Gasteiger partial charge is 0.352 e. The highest BCUT2D eigenvalue weighted by Gasteiger charge is 2.35. The molecule has 4 aliphatic rings. The lowest BCUT2D eigenvalue weighted by atomic mass is 9.84. The predicted molar refractivity (Wildman–Crippen MR) is 74.8 cm³/mol. The van der Waals surface area contributed by atoms with Crippen LogP contribution in [0.15, 0.2) is 0 Å². The number of amides is 1. The van der Waals surface area contributed by atoms with Crippen molar-refractivity contribution in [2.24, 2.45) is 5.92 Å². The fourth-order valence-electron chi connectivity index (χ4n) is 3.37. The summed E-state index contributed by atoms with van der Waals surface area (Å²) in [4.78, 5) is 14.6. The van der Waals surface area contributed by atoms with Crippen LogP contribution >= 0.6 is 11.8 Å². The number of nitrogens with one attached hydrogen (secondary N) is 2. The monoisotopic (exact) mass is 269 g/mol. The van der Waals surface area contributed by atoms with E-state index in [0.29, 0.717) is 18.5 Å². The van der Waals surface area contributed by atoms with Gasteiger partial charge in [0.15, 0.2) is 0 Å². The minimum atomic E-state index is 0.244. The average Bonchev–Trinajstić information content (AvgIpc) is 2.41. The highest BCUT2D eigenvalue weighted by atomic mass is 32.2. The molecule has 4 aliphatic heterocycles. The smallest absolute Gasteiger partial charge is 0.221 e. The van der Waals surface area contributed by atoms with Gasteiger partial charge in [-0.2, -0.15) is 11.8 Å². The van der Waals surface area contributed by atoms with Crippen molar-refractivity contribution in [3.05, 3.63) is 0 Å². The van der Waals surface area contributed by atoms with Gasteiger partial charge in [-0.3, -0.25) is 4.79 Å². The van der Waals surface area contributed by atoms with Gasteiger partial charge in [0.25, 0.3) is 0 Å². The normalized spacial score (nSPS) is 39.6. The van der Waals surface area contributed by atoms with Crippen LogP contribution in [-0.4, -0.2) is 60.6 Å². The minimum Gasteiger partial charge on any atom is -0.352 e. The highest BCUT2D eigenvalue weighted by molar-refractivity contribution is 7.99. The highest BCUT2D eigenvalue weighted by Crippen LogP contribution is 2.27. The standard InChI is InChI=1S/C13H23N3OS/c17-13(7-11-9-18-6-3-14-11)15-12-8-16-4-1-10(12)2-5-16/h10-12,14H,1-9H2,(H,15,17). The first-order valence-electron chi connectivity index (χ1n) is 7.14. The molecular weight excluding hydrogens is 246 g/mol. The fraction of sp³-hybridized carbons (Fsp3) is 0.923. The van der Waals surface area contributed by atoms with Crippen LogP contribution in [0.5, 0.6) is 0 Å². The number of thioether (sulfide) groups is 1. The Hall–Kier alpha value is -0.260. The molecule has 4 saturated heterocycles. The first-order valence-corrected chi connectivity index (χ1v) is 8.29. The summed E-state index contributed by atoms with van der Waals surface area (Å²) in [6, 6.07) is 0.793. The molecule has 0 spiro atoms. The van der Waals surface area contributed by atoms with Gasteiger partial charge in [-0.05, 0) is 31.8 Å². The second kappa shape index (κ2) is 5.80. The van der Waals surface area contributed by atoms with Crippen molar-refractivity contribution in [3.63, 3.8) is 0 Å². The lowest BCUT2D eigenvalue weighted by molar-refractivity contribution is -0.123. The number of carbonyl (C=O) groups excluding carboxylic acids is 1. The molecule has 18 heavy (non-hydrogen) atoms. The lowest BCUT2D eigenvalue weighted by Crippen LogP contribution is -2.57. The maximum atomic E-state index is 12.1. The van der Waals surface area contributed by atoms with E-state index in [1.807, 2.05) is 11.8 Å². The number of fused-ring (bicyclic) bond motifs is 3. The predicted octanol–water partition coefficient (Wildman–Crippen LogP) is 0.292. The summed E-state index contributed by atoms with van der Waals surface area (Å²) in [6.07, 6.45) is 3.18. The molecule has 1 amide bonds. The Kier molecular flexibility index (Phi) is 4.11. The number of nitrogens with zero attached hydrogens (tertiary/aromatic N) is 1. The number of hydrogen-bond acceptors (Lipinski definition) is 4. The Labute approximate surface area is 113 Å². The zero-order valence-corrected chi connectivity index (χ0v) is 11.7. The summed E-state index contributed by atoms with van der Waals surface area (Å²) in [5.74, 6) is 3.23. The second-order valence-corrected chi connectivity index (χ2v) is 6.89. The van der Waals surface area contributed by atoms with Crippen molar-refractivity contribution in [2.45, 2.75) is 31.3 Å². The molecule has 0 saturated carbocycles. The Balaban J connectivity index is 1.45. The van der Waals surface area contributed by atoms with Crippen LogP contribution in [0, 0.1) is 5.92 Å². The van der Waals surface area contributed by atoms with E-state index in [0.717, 1.165) is 24.8 Å². The molecule has 4 nitrogen and oxygen atoms in total. The third kappa shape index (κ3) is 3.00. The zero-order chi connectivity index (χ0) is 12.4. The van der Waals surface area contributed by atoms with Gasteiger partial charge in [-0.15, -0.1) is 0 Å². The van der Waals surface area contributed by atoms with Crippen LogP contribution in [0.2, 0.25) is 0 Å². The summed E-state index contributed by atoms with van der Waals surface area (Å²) in [6.45, 7) is 4.58. The maximum absolute atomic E-state index is 12.1. The van der Waals surface area contributed by atoms with Crippen LogP contribution in [-0.2, 0) is 4.79 Å². The van der Waals surface area contributed by atoms with E-state index in [1.165, 1.54) is 31.7 Å². The van der Waals surface area contributed by atoms with Gasteiger partial charge in [-0.1, -0.05) is 0 Å². The molecule has 4 heterocycles. The molecular formula is C13H23N3OS. The zero-order valence-electron chi connectivity index (χ0n) is 10.9. The topological polar surface area (TPSA) is 44.4 Å². The fourth-order valence-corrected chi connectivity index (χ4v) is 4.32. The van der Waals surface area contributed by atoms with Crippen LogP contribution in [0.3, 0.4) is 0 Å². The van der Waals surface area contributed by atoms with E-state index in [2.05, 4.69) is 15.5 Å². The van der Waals surface area contributed by atoms with Crippen molar-refractivity contribution < 1.29 is 4.79 Å². The molecule has 0 aromatic carbocycles. The summed E-state index contributed by atoms with van der Waals surface area (Å²) in [7, 11) is 0. The van der Waals surface area contributed by atoms with Crippen molar-refractivity contribution in [1.82, 2.24) is 15.5 Å². The first kappa shape index (κ1) is 12.8. The van der Waals surface area contributed by atoms with Gasteiger partial charge in [0.1, 0.15) is 0 Å². The van der Waals surface area contributed by atoms with Crippen LogP contribution in [0.4, 0.5) is 0 Å². The van der Waals surface area contributed by atoms with Crippen molar-refractivity contribution >= 4 is 17.7 Å². The Morgan fingerprint density at radius 1 is 1.39 bits per heavy atom. The minimum absolute atomic E-state index is 0.244. The molecule has 2 unspecified atom stereocenters. The Morgan fingerprint density at radius 3 is 2.83 bits per heavy atom. The Bertz CT molecular complexity index is 299. The molecule has 2 atom stereocenters. The molecule has 4 fully saturated rings. The first-order chi connectivity index (χ1) is 8.81. The van der Waals surface area contributed by atoms with E-state index in [1.54, 1.807) is 0 Å². The van der Waals surface area contributed by atoms with Gasteiger partial charge >= 0.3 is 0 Å². The maximum Gasteiger partial charge on any atom is 0.221 e. The van der Waals surface area contributed by atoms with Gasteiger partial charge in [0.05, 0.1) is 0 Å². The molecule has 4 rings (SSSR count). The molecule has 0 aromatic heterocycles. The second-order valence-electron chi connectivity index (χ2n) is 5.74. The summed E-state index contributed by atoms with van der Waals surface area (Å²) in [5, 5.41) is 6.70. The molecule has 0 aliphatic carbocycles. The summed E-state index contributed by atoms with van der Waals surface area (Å²) in [5.41, 5.74) is 0. The number of carbonyl (C=O) groups is 1. The van der Waals surface area contributed by atoms with E-state index in [4.69, 9.17) is 0 Å². The van der Waals surface area contributed by atoms with Gasteiger partial charge in [-0.25, -0.2) is 0 Å². The molecule has 2 bridgehead atoms. The quantitative estimate of drug-likeness (QED) is 0.773. The molecule has 5 heteroatoms. The van der Waals surface area contributed by atoms with E-state index in [-0.39, 0.29) is 5.91 Å². The number of rotatable bonds is 3. The summed E-state index contributed by atoms with van der Waals surface area (Å²) < 4.78 is 0. The van der Waals surface area contributed by atoms with Crippen LogP contribution in [0.1, 0.15) is 19.3 Å². The average molecular weight is 269 g/mol. The number of piperidine rings is 3. The molecule has 0 radical (unpaired) electrons. The summed E-state index contributed by atoms with van der Waals surface area (Å²) >= 11 is 1.95.